The molecule has 0 unspecified atom stereocenters. The van der Waals surface area contributed by atoms with Crippen molar-refractivity contribution in [2.45, 2.75) is 23.0 Å². The molecular formula is C17H8Br2Cl2F6O. The maximum Gasteiger partial charge on any atom is 0.417 e. The Kier molecular flexibility index (Phi) is 7.17. The molecule has 2 aromatic rings. The van der Waals surface area contributed by atoms with Gasteiger partial charge in [0.2, 0.25) is 0 Å². The maximum absolute atomic E-state index is 13.6. The summed E-state index contributed by atoms with van der Waals surface area (Å²) >= 11 is 17.4. The van der Waals surface area contributed by atoms with Gasteiger partial charge in [0.1, 0.15) is 0 Å². The van der Waals surface area contributed by atoms with E-state index in [1.54, 1.807) is 0 Å². The molecule has 0 spiro atoms. The lowest BCUT2D eigenvalue weighted by molar-refractivity contribution is -0.138. The van der Waals surface area contributed by atoms with Crippen LogP contribution in [0.5, 0.6) is 0 Å². The van der Waals surface area contributed by atoms with E-state index in [-0.39, 0.29) is 31.8 Å². The van der Waals surface area contributed by atoms with E-state index in [4.69, 9.17) is 23.2 Å². The van der Waals surface area contributed by atoms with E-state index in [2.05, 4.69) is 31.9 Å². The molecule has 28 heavy (non-hydrogen) atoms. The number of alkyl halides is 8. The summed E-state index contributed by atoms with van der Waals surface area (Å²) < 4.78 is 81.5. The van der Waals surface area contributed by atoms with Crippen molar-refractivity contribution in [3.63, 3.8) is 0 Å². The Balaban J connectivity index is 2.89. The highest BCUT2D eigenvalue weighted by atomic mass is 79.9. The third kappa shape index (κ3) is 4.86. The summed E-state index contributed by atoms with van der Waals surface area (Å²) in [6, 6.07) is 3.38. The summed E-state index contributed by atoms with van der Waals surface area (Å²) in [6.07, 6.45) is -9.98. The molecule has 0 aromatic heterocycles. The predicted octanol–water partition coefficient (Wildman–Crippen LogP) is 8.05. The van der Waals surface area contributed by atoms with Gasteiger partial charge in [0.25, 0.3) is 0 Å². The molecule has 1 nitrogen and oxygen atoms in total. The Morgan fingerprint density at radius 3 is 1.32 bits per heavy atom. The van der Waals surface area contributed by atoms with Crippen molar-refractivity contribution >= 4 is 60.8 Å². The Bertz CT molecular complexity index is 852. The van der Waals surface area contributed by atoms with Gasteiger partial charge in [-0.15, -0.1) is 0 Å². The van der Waals surface area contributed by atoms with Gasteiger partial charge in [-0.3, -0.25) is 4.79 Å². The van der Waals surface area contributed by atoms with E-state index >= 15 is 0 Å². The smallest absolute Gasteiger partial charge is 0.289 e. The molecule has 2 aromatic carbocycles. The minimum absolute atomic E-state index is 0.220. The van der Waals surface area contributed by atoms with Gasteiger partial charge < -0.3 is 0 Å². The molecule has 0 aliphatic carbocycles. The van der Waals surface area contributed by atoms with Crippen LogP contribution in [0.15, 0.2) is 24.3 Å². The van der Waals surface area contributed by atoms with Crippen molar-refractivity contribution in [3.05, 3.63) is 67.7 Å². The van der Waals surface area contributed by atoms with Crippen molar-refractivity contribution in [2.75, 3.05) is 0 Å². The zero-order valence-electron chi connectivity index (χ0n) is 13.4. The quantitative estimate of drug-likeness (QED) is 0.206. The molecule has 0 aliphatic rings. The first-order chi connectivity index (χ1) is 12.8. The zero-order valence-corrected chi connectivity index (χ0v) is 18.1. The number of hydrogen-bond acceptors (Lipinski definition) is 1. The molecule has 152 valence electrons. The van der Waals surface area contributed by atoms with E-state index < -0.39 is 40.4 Å². The van der Waals surface area contributed by atoms with Crippen LogP contribution in [0.25, 0.3) is 0 Å². The number of ketones is 1. The van der Waals surface area contributed by atoms with Crippen LogP contribution in [0, 0.1) is 0 Å². The van der Waals surface area contributed by atoms with Crippen molar-refractivity contribution in [1.29, 1.82) is 0 Å². The lowest BCUT2D eigenvalue weighted by atomic mass is 9.90. The molecule has 0 N–H and O–H groups in total. The minimum Gasteiger partial charge on any atom is -0.289 e. The van der Waals surface area contributed by atoms with Crippen LogP contribution >= 0.6 is 55.1 Å². The largest absolute Gasteiger partial charge is 0.417 e. The summed E-state index contributed by atoms with van der Waals surface area (Å²) in [4.78, 5) is 12.9. The number of benzene rings is 2. The monoisotopic (exact) mass is 570 g/mol. The molecule has 2 rings (SSSR count). The second-order valence-electron chi connectivity index (χ2n) is 5.57. The summed E-state index contributed by atoms with van der Waals surface area (Å²) in [6.45, 7) is 0. The van der Waals surface area contributed by atoms with E-state index in [1.165, 1.54) is 0 Å². The van der Waals surface area contributed by atoms with Gasteiger partial charge in [0, 0.05) is 31.8 Å². The van der Waals surface area contributed by atoms with Gasteiger partial charge in [-0.1, -0.05) is 55.1 Å². The van der Waals surface area contributed by atoms with Gasteiger partial charge in [-0.25, -0.2) is 0 Å². The fourth-order valence-electron chi connectivity index (χ4n) is 2.71. The van der Waals surface area contributed by atoms with Crippen LogP contribution in [0.3, 0.4) is 0 Å². The Morgan fingerprint density at radius 2 is 1.07 bits per heavy atom. The molecule has 0 bridgehead atoms. The number of carbonyl (C=O) groups excluding carboxylic acids is 1. The van der Waals surface area contributed by atoms with E-state index in [1.807, 2.05) is 0 Å². The number of rotatable bonds is 4. The van der Waals surface area contributed by atoms with E-state index in [9.17, 15) is 31.1 Å². The Hall–Kier alpha value is -0.770. The zero-order chi connectivity index (χ0) is 21.4. The molecular weight excluding hydrogens is 565 g/mol. The first-order valence-electron chi connectivity index (χ1n) is 7.27. The van der Waals surface area contributed by atoms with Crippen LogP contribution in [-0.2, 0) is 23.0 Å². The minimum atomic E-state index is -4.99. The number of halogens is 10. The van der Waals surface area contributed by atoms with Gasteiger partial charge in [-0.05, 0) is 35.4 Å². The predicted molar refractivity (Wildman–Crippen MR) is 102 cm³/mol. The van der Waals surface area contributed by atoms with Gasteiger partial charge >= 0.3 is 12.4 Å². The second-order valence-corrected chi connectivity index (χ2v) is 7.56. The molecule has 0 heterocycles. The summed E-state index contributed by atoms with van der Waals surface area (Å²) in [5.74, 6) is -1.48. The van der Waals surface area contributed by atoms with Crippen LogP contribution in [0.2, 0.25) is 10.0 Å². The molecule has 11 heteroatoms. The summed E-state index contributed by atoms with van der Waals surface area (Å²) in [5, 5.41) is -1.06. The highest BCUT2D eigenvalue weighted by Crippen LogP contribution is 2.42. The standard InChI is InChI=1S/C17H8Br2Cl2F6O/c18-5-7-1-9(20)3-11(13(7)16(22,23)24)15(28)12-4-10(21)2-8(6-19)14(12)17(25,26)27/h1-4H,5-6H2. The van der Waals surface area contributed by atoms with E-state index in [0.717, 1.165) is 12.1 Å². The normalized spacial score (nSPS) is 12.4. The fraction of sp³-hybridized carbons (Fsp3) is 0.235. The van der Waals surface area contributed by atoms with Crippen molar-refractivity contribution in [1.82, 2.24) is 0 Å². The molecule has 0 aliphatic heterocycles. The maximum atomic E-state index is 13.6. The van der Waals surface area contributed by atoms with Gasteiger partial charge in [0.05, 0.1) is 11.1 Å². The molecule has 0 saturated heterocycles. The molecule has 0 radical (unpaired) electrons. The van der Waals surface area contributed by atoms with Crippen molar-refractivity contribution < 1.29 is 31.1 Å². The SMILES string of the molecule is O=C(c1cc(Cl)cc(CBr)c1C(F)(F)F)c1cc(Cl)cc(CBr)c1C(F)(F)F. The van der Waals surface area contributed by atoms with Crippen molar-refractivity contribution in [3.8, 4) is 0 Å². The molecule has 0 saturated carbocycles. The third-order valence-corrected chi connectivity index (χ3v) is 5.36. The van der Waals surface area contributed by atoms with Crippen LogP contribution in [0.4, 0.5) is 26.3 Å². The number of carbonyl (C=O) groups is 1. The highest BCUT2D eigenvalue weighted by molar-refractivity contribution is 9.08. The Morgan fingerprint density at radius 1 is 0.750 bits per heavy atom. The van der Waals surface area contributed by atoms with Crippen molar-refractivity contribution in [2.24, 2.45) is 0 Å². The third-order valence-electron chi connectivity index (χ3n) is 3.71. The Labute approximate surface area is 182 Å². The fourth-order valence-corrected chi connectivity index (χ4v) is 4.08. The van der Waals surface area contributed by atoms with Gasteiger partial charge in [0.15, 0.2) is 5.78 Å². The van der Waals surface area contributed by atoms with Crippen LogP contribution < -0.4 is 0 Å². The lowest BCUT2D eigenvalue weighted by Crippen LogP contribution is -2.20. The topological polar surface area (TPSA) is 17.1 Å². The average molecular weight is 573 g/mol. The van der Waals surface area contributed by atoms with Crippen LogP contribution in [-0.4, -0.2) is 5.78 Å². The summed E-state index contributed by atoms with van der Waals surface area (Å²) in [5.41, 5.74) is -5.43. The first-order valence-corrected chi connectivity index (χ1v) is 10.3. The highest BCUT2D eigenvalue weighted by Gasteiger charge is 2.42. The van der Waals surface area contributed by atoms with E-state index in [0.29, 0.717) is 12.1 Å². The van der Waals surface area contributed by atoms with Gasteiger partial charge in [-0.2, -0.15) is 26.3 Å². The van der Waals surface area contributed by atoms with Crippen LogP contribution in [0.1, 0.15) is 38.2 Å². The first kappa shape index (κ1) is 23.5. The average Bonchev–Trinajstić information content (AvgIpc) is 2.57. The number of hydrogen-bond donors (Lipinski definition) is 0. The lowest BCUT2D eigenvalue weighted by Gasteiger charge is -2.20. The molecule has 0 atom stereocenters. The summed E-state index contributed by atoms with van der Waals surface area (Å²) in [7, 11) is 0. The molecule has 0 fully saturated rings. The molecule has 0 amide bonds. The second kappa shape index (κ2) is 8.53.